The summed E-state index contributed by atoms with van der Waals surface area (Å²) in [4.78, 5) is 18.5. The molecule has 0 bridgehead atoms. The van der Waals surface area contributed by atoms with Crippen LogP contribution in [0.5, 0.6) is 5.75 Å². The molecule has 6 heteroatoms. The Kier molecular flexibility index (Phi) is 3.95. The molecule has 0 aromatic heterocycles. The van der Waals surface area contributed by atoms with Gasteiger partial charge >= 0.3 is 6.03 Å². The monoisotopic (exact) mass is 323 g/mol. The topological polar surface area (TPSA) is 47.0 Å². The van der Waals surface area contributed by atoms with Gasteiger partial charge in [-0.1, -0.05) is 25.4 Å². The first-order valence-corrected chi connectivity index (χ1v) is 8.01. The highest BCUT2D eigenvalue weighted by atomic mass is 35.5. The van der Waals surface area contributed by atoms with Crippen molar-refractivity contribution >= 4 is 23.3 Å². The number of likely N-dealkylation sites (tertiary alicyclic amines) is 1. The summed E-state index contributed by atoms with van der Waals surface area (Å²) in [5.41, 5.74) is 1.16. The number of hydrogen-bond acceptors (Lipinski definition) is 3. The van der Waals surface area contributed by atoms with Crippen molar-refractivity contribution in [2.45, 2.75) is 13.8 Å². The summed E-state index contributed by atoms with van der Waals surface area (Å²) in [5.74, 6) is 0.0364. The van der Waals surface area contributed by atoms with Gasteiger partial charge in [0.1, 0.15) is 5.75 Å². The van der Waals surface area contributed by atoms with Crippen LogP contribution in [-0.4, -0.2) is 60.2 Å². The molecule has 2 saturated heterocycles. The van der Waals surface area contributed by atoms with E-state index in [-0.39, 0.29) is 16.8 Å². The molecule has 120 valence electrons. The lowest BCUT2D eigenvalue weighted by Gasteiger charge is -2.46. The van der Waals surface area contributed by atoms with Gasteiger partial charge in [-0.3, -0.25) is 4.90 Å². The third kappa shape index (κ3) is 3.01. The van der Waals surface area contributed by atoms with Gasteiger partial charge in [-0.2, -0.15) is 0 Å². The van der Waals surface area contributed by atoms with Crippen molar-refractivity contribution in [1.82, 2.24) is 9.80 Å². The number of nitrogens with zero attached hydrogens (tertiary/aromatic N) is 3. The van der Waals surface area contributed by atoms with Crippen molar-refractivity contribution in [2.24, 2.45) is 5.41 Å². The van der Waals surface area contributed by atoms with E-state index in [9.17, 15) is 9.90 Å². The number of hydrogen-bond donors (Lipinski definition) is 1. The van der Waals surface area contributed by atoms with E-state index in [1.165, 1.54) is 6.07 Å². The predicted molar refractivity (Wildman–Crippen MR) is 87.7 cm³/mol. The summed E-state index contributed by atoms with van der Waals surface area (Å²) in [6.45, 7) is 9.82. The number of aromatic hydroxyl groups is 1. The SMILES string of the molecule is CC1(C)CN(CCN2CCN(c3ccc(O)c(Cl)c3)C2=O)C1. The number of urea groups is 1. The highest BCUT2D eigenvalue weighted by Gasteiger charge is 2.35. The Balaban J connectivity index is 1.56. The van der Waals surface area contributed by atoms with Gasteiger partial charge in [0, 0.05) is 45.0 Å². The van der Waals surface area contributed by atoms with Gasteiger partial charge in [-0.25, -0.2) is 4.79 Å². The normalized spacial score (nSPS) is 21.3. The highest BCUT2D eigenvalue weighted by molar-refractivity contribution is 6.32. The third-order valence-corrected chi connectivity index (χ3v) is 4.63. The number of benzene rings is 1. The molecular weight excluding hydrogens is 302 g/mol. The van der Waals surface area contributed by atoms with Gasteiger partial charge in [-0.15, -0.1) is 0 Å². The molecule has 2 heterocycles. The number of phenols is 1. The van der Waals surface area contributed by atoms with Crippen LogP contribution in [0.4, 0.5) is 10.5 Å². The Morgan fingerprint density at radius 3 is 2.59 bits per heavy atom. The standard InChI is InChI=1S/C16H22ClN3O2/c1-16(2)10-18(11-16)5-6-19-7-8-20(15(19)22)12-3-4-14(21)13(17)9-12/h3-4,9,21H,5-8,10-11H2,1-2H3. The molecule has 1 N–H and O–H groups in total. The first kappa shape index (κ1) is 15.4. The Morgan fingerprint density at radius 1 is 1.23 bits per heavy atom. The number of carbonyl (C=O) groups excluding carboxylic acids is 1. The summed E-state index contributed by atoms with van der Waals surface area (Å²) < 4.78 is 0. The highest BCUT2D eigenvalue weighted by Crippen LogP contribution is 2.30. The lowest BCUT2D eigenvalue weighted by atomic mass is 9.84. The Bertz CT molecular complexity index is 583. The van der Waals surface area contributed by atoms with E-state index in [1.807, 2.05) is 4.90 Å². The molecule has 1 aromatic carbocycles. The molecule has 0 saturated carbocycles. The van der Waals surface area contributed by atoms with Crippen LogP contribution in [0.3, 0.4) is 0 Å². The van der Waals surface area contributed by atoms with E-state index in [4.69, 9.17) is 11.6 Å². The number of halogens is 1. The Labute approximate surface area is 136 Å². The second kappa shape index (κ2) is 5.63. The minimum Gasteiger partial charge on any atom is -0.506 e. The van der Waals surface area contributed by atoms with Gasteiger partial charge < -0.3 is 14.9 Å². The summed E-state index contributed by atoms with van der Waals surface area (Å²) in [7, 11) is 0. The van der Waals surface area contributed by atoms with Crippen LogP contribution in [0.1, 0.15) is 13.8 Å². The van der Waals surface area contributed by atoms with Crippen LogP contribution in [0, 0.1) is 5.41 Å². The van der Waals surface area contributed by atoms with E-state index in [2.05, 4.69) is 18.7 Å². The molecule has 0 unspecified atom stereocenters. The van der Waals surface area contributed by atoms with Crippen LogP contribution in [0.25, 0.3) is 0 Å². The number of anilines is 1. The maximum atomic E-state index is 12.5. The molecule has 2 fully saturated rings. The van der Waals surface area contributed by atoms with Crippen LogP contribution in [0.2, 0.25) is 5.02 Å². The quantitative estimate of drug-likeness (QED) is 0.926. The number of rotatable bonds is 4. The number of carbonyl (C=O) groups is 1. The van der Waals surface area contributed by atoms with E-state index >= 15 is 0 Å². The van der Waals surface area contributed by atoms with Crippen LogP contribution in [0.15, 0.2) is 18.2 Å². The van der Waals surface area contributed by atoms with Gasteiger partial charge in [0.15, 0.2) is 0 Å². The van der Waals surface area contributed by atoms with Crippen LogP contribution < -0.4 is 4.90 Å². The molecular formula is C16H22ClN3O2. The molecule has 22 heavy (non-hydrogen) atoms. The molecule has 1 aromatic rings. The summed E-state index contributed by atoms with van der Waals surface area (Å²) in [6.07, 6.45) is 0. The van der Waals surface area contributed by atoms with Gasteiger partial charge in [0.05, 0.1) is 5.02 Å². The smallest absolute Gasteiger partial charge is 0.324 e. The van der Waals surface area contributed by atoms with Crippen molar-refractivity contribution < 1.29 is 9.90 Å². The first-order valence-electron chi connectivity index (χ1n) is 7.63. The molecule has 3 rings (SSSR count). The van der Waals surface area contributed by atoms with Crippen molar-refractivity contribution in [1.29, 1.82) is 0 Å². The van der Waals surface area contributed by atoms with Crippen LogP contribution in [-0.2, 0) is 0 Å². The molecule has 5 nitrogen and oxygen atoms in total. The van der Waals surface area contributed by atoms with Crippen molar-refractivity contribution in [3.63, 3.8) is 0 Å². The third-order valence-electron chi connectivity index (χ3n) is 4.33. The maximum absolute atomic E-state index is 12.5. The second-order valence-corrected chi connectivity index (χ2v) is 7.34. The summed E-state index contributed by atoms with van der Waals surface area (Å²) in [5, 5.41) is 9.74. The van der Waals surface area contributed by atoms with Gasteiger partial charge in [0.25, 0.3) is 0 Å². The Morgan fingerprint density at radius 2 is 1.95 bits per heavy atom. The predicted octanol–water partition coefficient (Wildman–Crippen LogP) is 2.63. The molecule has 0 atom stereocenters. The number of phenolic OH excluding ortho intramolecular Hbond substituents is 1. The molecule has 0 spiro atoms. The second-order valence-electron chi connectivity index (χ2n) is 6.93. The average molecular weight is 324 g/mol. The fourth-order valence-corrected chi connectivity index (χ4v) is 3.45. The lowest BCUT2D eigenvalue weighted by Crippen LogP contribution is -2.54. The van der Waals surface area contributed by atoms with Crippen molar-refractivity contribution in [3.05, 3.63) is 23.2 Å². The molecule has 2 aliphatic rings. The zero-order chi connectivity index (χ0) is 15.9. The minimum atomic E-state index is 0.0153. The molecule has 2 amide bonds. The first-order chi connectivity index (χ1) is 10.4. The van der Waals surface area contributed by atoms with Gasteiger partial charge in [0.2, 0.25) is 0 Å². The molecule has 0 aliphatic carbocycles. The van der Waals surface area contributed by atoms with E-state index in [0.717, 1.165) is 38.4 Å². The fraction of sp³-hybridized carbons (Fsp3) is 0.562. The van der Waals surface area contributed by atoms with E-state index in [1.54, 1.807) is 17.0 Å². The summed E-state index contributed by atoms with van der Waals surface area (Å²) in [6, 6.07) is 4.90. The zero-order valence-corrected chi connectivity index (χ0v) is 13.8. The largest absolute Gasteiger partial charge is 0.506 e. The molecule has 0 radical (unpaired) electrons. The van der Waals surface area contributed by atoms with E-state index in [0.29, 0.717) is 12.0 Å². The average Bonchev–Trinajstić information content (AvgIpc) is 2.78. The van der Waals surface area contributed by atoms with E-state index < -0.39 is 0 Å². The number of amides is 2. The minimum absolute atomic E-state index is 0.0153. The zero-order valence-electron chi connectivity index (χ0n) is 13.0. The van der Waals surface area contributed by atoms with Crippen LogP contribution >= 0.6 is 11.6 Å². The van der Waals surface area contributed by atoms with Crippen molar-refractivity contribution in [2.75, 3.05) is 44.2 Å². The fourth-order valence-electron chi connectivity index (χ4n) is 3.28. The lowest BCUT2D eigenvalue weighted by molar-refractivity contribution is 0.0273. The van der Waals surface area contributed by atoms with Crippen molar-refractivity contribution in [3.8, 4) is 5.75 Å². The summed E-state index contributed by atoms with van der Waals surface area (Å²) >= 11 is 5.92. The Hall–Kier alpha value is -1.46. The van der Waals surface area contributed by atoms with Gasteiger partial charge in [-0.05, 0) is 23.6 Å². The molecule has 2 aliphatic heterocycles. The maximum Gasteiger partial charge on any atom is 0.324 e.